The van der Waals surface area contributed by atoms with Crippen LogP contribution in [0.2, 0.25) is 0 Å². The molecule has 0 aliphatic heterocycles. The summed E-state index contributed by atoms with van der Waals surface area (Å²) in [7, 11) is 0. The Hall–Kier alpha value is -1.62. The summed E-state index contributed by atoms with van der Waals surface area (Å²) in [6, 6.07) is 2.18. The Labute approximate surface area is 114 Å². The van der Waals surface area contributed by atoms with Crippen molar-refractivity contribution in [1.82, 2.24) is 20.3 Å². The van der Waals surface area contributed by atoms with Gasteiger partial charge in [-0.25, -0.2) is 4.68 Å². The number of aromatic nitrogens is 3. The zero-order chi connectivity index (χ0) is 13.8. The fourth-order valence-electron chi connectivity index (χ4n) is 2.39. The van der Waals surface area contributed by atoms with E-state index in [0.717, 1.165) is 36.7 Å². The lowest BCUT2D eigenvalue weighted by atomic mass is 10.0. The number of aryl methyl sites for hydroxylation is 3. The Morgan fingerprint density at radius 1 is 1.37 bits per heavy atom. The summed E-state index contributed by atoms with van der Waals surface area (Å²) >= 11 is 0. The summed E-state index contributed by atoms with van der Waals surface area (Å²) in [4.78, 5) is 0. The van der Waals surface area contributed by atoms with Gasteiger partial charge < -0.3 is 9.73 Å². The molecule has 5 heteroatoms. The van der Waals surface area contributed by atoms with E-state index >= 15 is 0 Å². The largest absolute Gasteiger partial charge is 0.466 e. The molecule has 2 heterocycles. The van der Waals surface area contributed by atoms with E-state index in [-0.39, 0.29) is 6.04 Å². The molecule has 0 bridgehead atoms. The van der Waals surface area contributed by atoms with Gasteiger partial charge in [0.1, 0.15) is 11.5 Å². The molecular weight excluding hydrogens is 240 g/mol. The summed E-state index contributed by atoms with van der Waals surface area (Å²) < 4.78 is 7.62. The minimum atomic E-state index is 0.0870. The van der Waals surface area contributed by atoms with Crippen LogP contribution in [-0.2, 0) is 6.54 Å². The highest BCUT2D eigenvalue weighted by Crippen LogP contribution is 2.27. The first kappa shape index (κ1) is 13.8. The molecule has 1 atom stereocenters. The zero-order valence-corrected chi connectivity index (χ0v) is 12.1. The third kappa shape index (κ3) is 2.87. The van der Waals surface area contributed by atoms with Gasteiger partial charge in [0.05, 0.1) is 17.9 Å². The number of furan rings is 1. The molecule has 0 saturated heterocycles. The second-order valence-electron chi connectivity index (χ2n) is 4.74. The Bertz CT molecular complexity index is 529. The molecule has 0 saturated carbocycles. The molecule has 1 N–H and O–H groups in total. The predicted molar refractivity (Wildman–Crippen MR) is 74.0 cm³/mol. The molecule has 0 spiro atoms. The van der Waals surface area contributed by atoms with Gasteiger partial charge in [-0.3, -0.25) is 0 Å². The van der Waals surface area contributed by atoms with E-state index in [9.17, 15) is 0 Å². The lowest BCUT2D eigenvalue weighted by molar-refractivity contribution is 0.483. The van der Waals surface area contributed by atoms with Crippen LogP contribution < -0.4 is 5.32 Å². The number of nitrogens with one attached hydrogen (secondary N) is 1. The van der Waals surface area contributed by atoms with Crippen LogP contribution in [-0.4, -0.2) is 21.5 Å². The molecule has 1 unspecified atom stereocenters. The summed E-state index contributed by atoms with van der Waals surface area (Å²) in [6.07, 6.45) is 2.88. The molecule has 0 radical (unpaired) electrons. The van der Waals surface area contributed by atoms with E-state index in [2.05, 4.69) is 35.5 Å². The van der Waals surface area contributed by atoms with Crippen molar-refractivity contribution in [2.45, 2.75) is 46.7 Å². The third-order valence-corrected chi connectivity index (χ3v) is 3.18. The highest BCUT2D eigenvalue weighted by atomic mass is 16.3. The lowest BCUT2D eigenvalue weighted by Gasteiger charge is -2.18. The molecule has 19 heavy (non-hydrogen) atoms. The van der Waals surface area contributed by atoms with Crippen molar-refractivity contribution in [2.24, 2.45) is 0 Å². The Kier molecular flexibility index (Phi) is 4.37. The SMILES string of the molecule is CCCn1nncc1C(NCC)c1cc(C)oc1C. The Morgan fingerprint density at radius 2 is 2.16 bits per heavy atom. The van der Waals surface area contributed by atoms with Gasteiger partial charge in [-0.2, -0.15) is 0 Å². The quantitative estimate of drug-likeness (QED) is 0.869. The topological polar surface area (TPSA) is 55.9 Å². The van der Waals surface area contributed by atoms with Crippen molar-refractivity contribution in [2.75, 3.05) is 6.54 Å². The third-order valence-electron chi connectivity index (χ3n) is 3.18. The van der Waals surface area contributed by atoms with Crippen molar-refractivity contribution in [3.05, 3.63) is 35.0 Å². The molecule has 5 nitrogen and oxygen atoms in total. The van der Waals surface area contributed by atoms with Crippen LogP contribution in [0, 0.1) is 13.8 Å². The van der Waals surface area contributed by atoms with Gasteiger partial charge in [-0.05, 0) is 32.9 Å². The van der Waals surface area contributed by atoms with Gasteiger partial charge in [-0.1, -0.05) is 19.1 Å². The molecule has 0 amide bonds. The van der Waals surface area contributed by atoms with E-state index in [1.54, 1.807) is 0 Å². The summed E-state index contributed by atoms with van der Waals surface area (Å²) in [6.45, 7) is 9.98. The number of nitrogens with zero attached hydrogens (tertiary/aromatic N) is 3. The van der Waals surface area contributed by atoms with Crippen molar-refractivity contribution in [1.29, 1.82) is 0 Å². The van der Waals surface area contributed by atoms with Gasteiger partial charge >= 0.3 is 0 Å². The van der Waals surface area contributed by atoms with Crippen LogP contribution in [0.15, 0.2) is 16.7 Å². The van der Waals surface area contributed by atoms with Gasteiger partial charge in [0.25, 0.3) is 0 Å². The zero-order valence-electron chi connectivity index (χ0n) is 12.1. The average molecular weight is 262 g/mol. The predicted octanol–water partition coefficient (Wildman–Crippen LogP) is 2.60. The second kappa shape index (κ2) is 6.02. The first-order valence-electron chi connectivity index (χ1n) is 6.86. The number of hydrogen-bond acceptors (Lipinski definition) is 4. The molecule has 2 rings (SSSR count). The van der Waals surface area contributed by atoms with E-state index in [0.29, 0.717) is 0 Å². The normalized spacial score (nSPS) is 12.8. The molecule has 0 aromatic carbocycles. The molecule has 2 aromatic rings. The van der Waals surface area contributed by atoms with Gasteiger partial charge in [-0.15, -0.1) is 5.10 Å². The van der Waals surface area contributed by atoms with E-state index in [4.69, 9.17) is 4.42 Å². The molecule has 104 valence electrons. The molecule has 2 aromatic heterocycles. The Morgan fingerprint density at radius 3 is 2.74 bits per heavy atom. The standard InChI is InChI=1S/C14H22N4O/c1-5-7-18-13(9-16-17-18)14(15-6-2)12-8-10(3)19-11(12)4/h8-9,14-15H,5-7H2,1-4H3. The fraction of sp³-hybridized carbons (Fsp3) is 0.571. The van der Waals surface area contributed by atoms with Gasteiger partial charge in [0.2, 0.25) is 0 Å². The summed E-state index contributed by atoms with van der Waals surface area (Å²) in [5, 5.41) is 11.7. The van der Waals surface area contributed by atoms with Crippen molar-refractivity contribution < 1.29 is 4.42 Å². The van der Waals surface area contributed by atoms with Gasteiger partial charge in [0.15, 0.2) is 0 Å². The van der Waals surface area contributed by atoms with Crippen molar-refractivity contribution >= 4 is 0 Å². The molecule has 0 aliphatic rings. The monoisotopic (exact) mass is 262 g/mol. The highest BCUT2D eigenvalue weighted by Gasteiger charge is 2.22. The number of hydrogen-bond donors (Lipinski definition) is 1. The minimum absolute atomic E-state index is 0.0870. The lowest BCUT2D eigenvalue weighted by Crippen LogP contribution is -2.25. The number of rotatable bonds is 6. The summed E-state index contributed by atoms with van der Waals surface area (Å²) in [5.74, 6) is 1.89. The van der Waals surface area contributed by atoms with Crippen LogP contribution in [0.3, 0.4) is 0 Å². The maximum absolute atomic E-state index is 5.65. The van der Waals surface area contributed by atoms with E-state index < -0.39 is 0 Å². The molecule has 0 aliphatic carbocycles. The van der Waals surface area contributed by atoms with Gasteiger partial charge in [0, 0.05) is 12.1 Å². The maximum Gasteiger partial charge on any atom is 0.106 e. The van der Waals surface area contributed by atoms with Crippen LogP contribution >= 0.6 is 0 Å². The first-order chi connectivity index (χ1) is 9.17. The first-order valence-corrected chi connectivity index (χ1v) is 6.86. The fourth-order valence-corrected chi connectivity index (χ4v) is 2.39. The average Bonchev–Trinajstić information content (AvgIpc) is 2.94. The van der Waals surface area contributed by atoms with Crippen LogP contribution in [0.4, 0.5) is 0 Å². The van der Waals surface area contributed by atoms with Crippen molar-refractivity contribution in [3.63, 3.8) is 0 Å². The van der Waals surface area contributed by atoms with E-state index in [1.165, 1.54) is 5.56 Å². The van der Waals surface area contributed by atoms with Crippen LogP contribution in [0.5, 0.6) is 0 Å². The molecular formula is C14H22N4O. The van der Waals surface area contributed by atoms with E-state index in [1.807, 2.05) is 24.7 Å². The smallest absolute Gasteiger partial charge is 0.106 e. The minimum Gasteiger partial charge on any atom is -0.466 e. The molecule has 0 fully saturated rings. The van der Waals surface area contributed by atoms with Crippen molar-refractivity contribution in [3.8, 4) is 0 Å². The maximum atomic E-state index is 5.65. The van der Waals surface area contributed by atoms with Crippen LogP contribution in [0.1, 0.15) is 49.1 Å². The second-order valence-corrected chi connectivity index (χ2v) is 4.74. The van der Waals surface area contributed by atoms with Crippen LogP contribution in [0.25, 0.3) is 0 Å². The highest BCUT2D eigenvalue weighted by molar-refractivity contribution is 5.30. The summed E-state index contributed by atoms with van der Waals surface area (Å²) in [5.41, 5.74) is 2.26. The Balaban J connectivity index is 2.39.